The number of thiocarbonyl (C=S) groups is 1. The second-order valence-electron chi connectivity index (χ2n) is 3.88. The van der Waals surface area contributed by atoms with Crippen LogP contribution in [0, 0.1) is 0 Å². The van der Waals surface area contributed by atoms with Gasteiger partial charge in [-0.1, -0.05) is 12.2 Å². The average molecular weight is 245 g/mol. The molecule has 0 aliphatic rings. The van der Waals surface area contributed by atoms with Crippen LogP contribution >= 0.6 is 12.2 Å². The maximum atomic E-state index is 12.0. The molecule has 2 N–H and O–H groups in total. The summed E-state index contributed by atoms with van der Waals surface area (Å²) < 4.78 is 0. The van der Waals surface area contributed by atoms with Crippen LogP contribution in [0.4, 0.5) is 0 Å². The maximum absolute atomic E-state index is 12.0. The van der Waals surface area contributed by atoms with E-state index in [1.165, 1.54) is 0 Å². The summed E-state index contributed by atoms with van der Waals surface area (Å²) in [6.07, 6.45) is 0.654. The summed E-state index contributed by atoms with van der Waals surface area (Å²) in [5, 5.41) is 0. The molecular formula is C11H23N3OS. The van der Waals surface area contributed by atoms with Crippen LogP contribution in [-0.2, 0) is 4.79 Å². The molecule has 0 saturated carbocycles. The van der Waals surface area contributed by atoms with Crippen molar-refractivity contribution in [2.75, 3.05) is 26.7 Å². The molecule has 4 nitrogen and oxygen atoms in total. The molecule has 0 spiro atoms. The van der Waals surface area contributed by atoms with E-state index in [9.17, 15) is 4.79 Å². The first-order chi connectivity index (χ1) is 7.43. The highest BCUT2D eigenvalue weighted by molar-refractivity contribution is 7.80. The standard InChI is InChI=1S/C11H23N3OS/c1-5-14(6-2)11(15)9(3)13(4)8-7-10(12)16/h9H,5-8H2,1-4H3,(H2,12,16). The molecule has 1 atom stereocenters. The monoisotopic (exact) mass is 245 g/mol. The summed E-state index contributed by atoms with van der Waals surface area (Å²) in [7, 11) is 1.92. The van der Waals surface area contributed by atoms with Gasteiger partial charge in [0.25, 0.3) is 0 Å². The molecule has 0 rings (SSSR count). The van der Waals surface area contributed by atoms with Crippen LogP contribution in [0.3, 0.4) is 0 Å². The third-order valence-corrected chi connectivity index (χ3v) is 3.01. The van der Waals surface area contributed by atoms with E-state index in [-0.39, 0.29) is 11.9 Å². The first-order valence-corrected chi connectivity index (χ1v) is 6.12. The highest BCUT2D eigenvalue weighted by Crippen LogP contribution is 2.03. The fourth-order valence-corrected chi connectivity index (χ4v) is 1.56. The molecule has 5 heteroatoms. The van der Waals surface area contributed by atoms with Gasteiger partial charge in [-0.25, -0.2) is 0 Å². The predicted octanol–water partition coefficient (Wildman–Crippen LogP) is 0.851. The van der Waals surface area contributed by atoms with Gasteiger partial charge in [0.2, 0.25) is 5.91 Å². The Bertz CT molecular complexity index is 241. The summed E-state index contributed by atoms with van der Waals surface area (Å²) in [5.41, 5.74) is 5.44. The van der Waals surface area contributed by atoms with Crippen LogP contribution in [0.2, 0.25) is 0 Å². The molecule has 0 aromatic heterocycles. The first-order valence-electron chi connectivity index (χ1n) is 5.71. The van der Waals surface area contributed by atoms with E-state index in [0.717, 1.165) is 19.6 Å². The fourth-order valence-electron chi connectivity index (χ4n) is 1.47. The van der Waals surface area contributed by atoms with Gasteiger partial charge < -0.3 is 10.6 Å². The van der Waals surface area contributed by atoms with Gasteiger partial charge in [0, 0.05) is 26.1 Å². The second kappa shape index (κ2) is 7.57. The zero-order chi connectivity index (χ0) is 12.7. The van der Waals surface area contributed by atoms with E-state index in [0.29, 0.717) is 11.4 Å². The zero-order valence-corrected chi connectivity index (χ0v) is 11.5. The van der Waals surface area contributed by atoms with Crippen molar-refractivity contribution in [2.45, 2.75) is 33.2 Å². The zero-order valence-electron chi connectivity index (χ0n) is 10.7. The molecule has 0 heterocycles. The number of hydrogen-bond acceptors (Lipinski definition) is 3. The highest BCUT2D eigenvalue weighted by atomic mass is 32.1. The lowest BCUT2D eigenvalue weighted by atomic mass is 10.2. The van der Waals surface area contributed by atoms with Crippen LogP contribution in [0.5, 0.6) is 0 Å². The van der Waals surface area contributed by atoms with Crippen molar-refractivity contribution < 1.29 is 4.79 Å². The summed E-state index contributed by atoms with van der Waals surface area (Å²) in [6, 6.07) is -0.116. The van der Waals surface area contributed by atoms with Gasteiger partial charge in [0.05, 0.1) is 11.0 Å². The van der Waals surface area contributed by atoms with Crippen LogP contribution < -0.4 is 5.73 Å². The largest absolute Gasteiger partial charge is 0.393 e. The van der Waals surface area contributed by atoms with Gasteiger partial charge in [-0.3, -0.25) is 9.69 Å². The molecule has 0 aromatic carbocycles. The molecular weight excluding hydrogens is 222 g/mol. The smallest absolute Gasteiger partial charge is 0.239 e. The molecule has 0 bridgehead atoms. The number of amides is 1. The molecule has 0 fully saturated rings. The van der Waals surface area contributed by atoms with Crippen molar-refractivity contribution in [1.29, 1.82) is 0 Å². The van der Waals surface area contributed by atoms with Crippen molar-refractivity contribution in [3.05, 3.63) is 0 Å². The lowest BCUT2D eigenvalue weighted by molar-refractivity contribution is -0.135. The Morgan fingerprint density at radius 3 is 2.25 bits per heavy atom. The fraction of sp³-hybridized carbons (Fsp3) is 0.818. The lowest BCUT2D eigenvalue weighted by Gasteiger charge is -2.29. The Morgan fingerprint density at radius 1 is 1.38 bits per heavy atom. The van der Waals surface area contributed by atoms with E-state index in [1.807, 2.05) is 37.6 Å². The minimum atomic E-state index is -0.116. The van der Waals surface area contributed by atoms with E-state index in [2.05, 4.69) is 0 Å². The van der Waals surface area contributed by atoms with Crippen molar-refractivity contribution in [2.24, 2.45) is 5.73 Å². The lowest BCUT2D eigenvalue weighted by Crippen LogP contribution is -2.46. The number of hydrogen-bond donors (Lipinski definition) is 1. The van der Waals surface area contributed by atoms with Gasteiger partial charge in [-0.15, -0.1) is 0 Å². The minimum Gasteiger partial charge on any atom is -0.393 e. The topological polar surface area (TPSA) is 49.6 Å². The van der Waals surface area contributed by atoms with Crippen molar-refractivity contribution in [3.63, 3.8) is 0 Å². The van der Waals surface area contributed by atoms with E-state index < -0.39 is 0 Å². The number of rotatable bonds is 7. The van der Waals surface area contributed by atoms with Gasteiger partial charge in [-0.05, 0) is 27.8 Å². The molecule has 0 aliphatic heterocycles. The Morgan fingerprint density at radius 2 is 1.88 bits per heavy atom. The number of likely N-dealkylation sites (N-methyl/N-ethyl adjacent to an activating group) is 2. The Hall–Kier alpha value is -0.680. The summed E-state index contributed by atoms with van der Waals surface area (Å²) in [5.74, 6) is 0.162. The van der Waals surface area contributed by atoms with Crippen LogP contribution in [0.25, 0.3) is 0 Å². The summed E-state index contributed by atoms with van der Waals surface area (Å²) in [4.78, 5) is 16.3. The molecule has 0 radical (unpaired) electrons. The maximum Gasteiger partial charge on any atom is 0.239 e. The molecule has 1 amide bonds. The summed E-state index contributed by atoms with van der Waals surface area (Å²) in [6.45, 7) is 8.13. The van der Waals surface area contributed by atoms with Crippen molar-refractivity contribution >= 4 is 23.1 Å². The minimum absolute atomic E-state index is 0.116. The van der Waals surface area contributed by atoms with E-state index >= 15 is 0 Å². The van der Waals surface area contributed by atoms with Crippen LogP contribution in [-0.4, -0.2) is 53.4 Å². The van der Waals surface area contributed by atoms with E-state index in [1.54, 1.807) is 0 Å². The second-order valence-corrected chi connectivity index (χ2v) is 4.41. The Kier molecular flexibility index (Phi) is 7.25. The predicted molar refractivity (Wildman–Crippen MR) is 71.4 cm³/mol. The molecule has 0 aliphatic carbocycles. The third kappa shape index (κ3) is 4.90. The summed E-state index contributed by atoms with van der Waals surface area (Å²) >= 11 is 4.82. The van der Waals surface area contributed by atoms with Gasteiger partial charge in [0.15, 0.2) is 0 Å². The molecule has 16 heavy (non-hydrogen) atoms. The molecule has 0 aromatic rings. The van der Waals surface area contributed by atoms with Crippen molar-refractivity contribution in [1.82, 2.24) is 9.80 Å². The van der Waals surface area contributed by atoms with Gasteiger partial charge >= 0.3 is 0 Å². The normalized spacial score (nSPS) is 12.6. The first kappa shape index (κ1) is 15.3. The van der Waals surface area contributed by atoms with Gasteiger partial charge in [0.1, 0.15) is 0 Å². The SMILES string of the molecule is CCN(CC)C(=O)C(C)N(C)CCC(N)=S. The third-order valence-electron chi connectivity index (χ3n) is 2.80. The number of nitrogens with two attached hydrogens (primary N) is 1. The average Bonchev–Trinajstić information content (AvgIpc) is 2.26. The number of carbonyl (C=O) groups excluding carboxylic acids is 1. The number of nitrogens with zero attached hydrogens (tertiary/aromatic N) is 2. The van der Waals surface area contributed by atoms with Crippen LogP contribution in [0.15, 0.2) is 0 Å². The molecule has 1 unspecified atom stereocenters. The van der Waals surface area contributed by atoms with Gasteiger partial charge in [-0.2, -0.15) is 0 Å². The number of carbonyl (C=O) groups is 1. The molecule has 94 valence electrons. The molecule has 0 saturated heterocycles. The van der Waals surface area contributed by atoms with Crippen molar-refractivity contribution in [3.8, 4) is 0 Å². The Balaban J connectivity index is 4.25. The van der Waals surface area contributed by atoms with E-state index in [4.69, 9.17) is 18.0 Å². The Labute approximate surface area is 104 Å². The van der Waals surface area contributed by atoms with Crippen LogP contribution in [0.1, 0.15) is 27.2 Å². The quantitative estimate of drug-likeness (QED) is 0.676. The highest BCUT2D eigenvalue weighted by Gasteiger charge is 2.21.